The van der Waals surface area contributed by atoms with Crippen molar-refractivity contribution in [2.75, 3.05) is 23.8 Å². The van der Waals surface area contributed by atoms with Crippen molar-refractivity contribution in [2.24, 2.45) is 0 Å². The Morgan fingerprint density at radius 2 is 1.87 bits per heavy atom. The monoisotopic (exact) mass is 357 g/mol. The third-order valence-electron chi connectivity index (χ3n) is 4.25. The van der Waals surface area contributed by atoms with Crippen molar-refractivity contribution in [3.8, 4) is 0 Å². The molecule has 0 aliphatic carbocycles. The summed E-state index contributed by atoms with van der Waals surface area (Å²) >= 11 is 1.31. The molecule has 0 saturated carbocycles. The van der Waals surface area contributed by atoms with E-state index in [9.17, 15) is 13.2 Å². The molecule has 1 aliphatic heterocycles. The zero-order chi connectivity index (χ0) is 17.2. The highest BCUT2D eigenvalue weighted by molar-refractivity contribution is 7.99. The van der Waals surface area contributed by atoms with E-state index in [4.69, 9.17) is 0 Å². The van der Waals surface area contributed by atoms with Crippen LogP contribution in [0.1, 0.15) is 30.3 Å². The number of aromatic nitrogens is 2. The number of hydrogen-bond donors (Lipinski definition) is 0. The first-order valence-electron chi connectivity index (χ1n) is 7.68. The summed E-state index contributed by atoms with van der Waals surface area (Å²) in [6.07, 6.45) is 0.534. The predicted octanol–water partition coefficient (Wildman–Crippen LogP) is 1.53. The van der Waals surface area contributed by atoms with E-state index in [1.807, 2.05) is 27.7 Å². The molecule has 1 aromatic rings. The molecular weight excluding hydrogens is 334 g/mol. The number of nitrogens with zero attached hydrogens (tertiary/aromatic N) is 3. The van der Waals surface area contributed by atoms with E-state index < -0.39 is 9.84 Å². The number of sulfone groups is 1. The fourth-order valence-electron chi connectivity index (χ4n) is 2.67. The van der Waals surface area contributed by atoms with Gasteiger partial charge in [0.15, 0.2) is 15.0 Å². The third-order valence-corrected chi connectivity index (χ3v) is 6.83. The number of aryl methyl sites for hydroxylation is 2. The van der Waals surface area contributed by atoms with Gasteiger partial charge in [-0.15, -0.1) is 0 Å². The molecule has 0 radical (unpaired) electrons. The predicted molar refractivity (Wildman–Crippen MR) is 91.4 cm³/mol. The molecule has 23 heavy (non-hydrogen) atoms. The van der Waals surface area contributed by atoms with Crippen molar-refractivity contribution in [1.29, 1.82) is 0 Å². The summed E-state index contributed by atoms with van der Waals surface area (Å²) in [5, 5.41) is 0.592. The zero-order valence-electron chi connectivity index (χ0n) is 14.0. The average molecular weight is 358 g/mol. The van der Waals surface area contributed by atoms with E-state index in [0.717, 1.165) is 17.0 Å². The Morgan fingerprint density at radius 3 is 2.35 bits per heavy atom. The first kappa shape index (κ1) is 18.2. The summed E-state index contributed by atoms with van der Waals surface area (Å²) in [6.45, 7) is 8.23. The molecule has 1 fully saturated rings. The van der Waals surface area contributed by atoms with Gasteiger partial charge in [0.2, 0.25) is 5.91 Å². The van der Waals surface area contributed by atoms with Gasteiger partial charge in [-0.05, 0) is 39.7 Å². The van der Waals surface area contributed by atoms with Gasteiger partial charge in [0, 0.05) is 24.0 Å². The maximum atomic E-state index is 12.4. The SMILES string of the molecule is CCN(C(=O)CSc1nc(C)c(C)c(C)n1)[C@H]1CCS(=O)(=O)C1. The van der Waals surface area contributed by atoms with Crippen LogP contribution in [0.4, 0.5) is 0 Å². The van der Waals surface area contributed by atoms with Gasteiger partial charge in [-0.3, -0.25) is 4.79 Å². The van der Waals surface area contributed by atoms with E-state index in [1.54, 1.807) is 4.90 Å². The largest absolute Gasteiger partial charge is 0.338 e. The van der Waals surface area contributed by atoms with Crippen LogP contribution in [0.3, 0.4) is 0 Å². The summed E-state index contributed by atoms with van der Waals surface area (Å²) in [7, 11) is -2.99. The Kier molecular flexibility index (Phi) is 5.67. The molecule has 0 bridgehead atoms. The second-order valence-corrected chi connectivity index (χ2v) is 9.00. The standard InChI is InChI=1S/C15H23N3O3S2/c1-5-18(13-6-7-23(20,21)9-13)14(19)8-22-15-16-11(3)10(2)12(4)17-15/h13H,5-9H2,1-4H3/t13-/m0/s1. The summed E-state index contributed by atoms with van der Waals surface area (Å²) in [4.78, 5) is 22.9. The van der Waals surface area contributed by atoms with Gasteiger partial charge >= 0.3 is 0 Å². The Hall–Kier alpha value is -1.15. The van der Waals surface area contributed by atoms with Gasteiger partial charge in [0.1, 0.15) is 0 Å². The number of amides is 1. The fourth-order valence-corrected chi connectivity index (χ4v) is 5.23. The van der Waals surface area contributed by atoms with Crippen molar-refractivity contribution >= 4 is 27.5 Å². The number of carbonyl (C=O) groups is 1. The molecule has 1 saturated heterocycles. The zero-order valence-corrected chi connectivity index (χ0v) is 15.6. The minimum atomic E-state index is -2.99. The molecule has 0 N–H and O–H groups in total. The highest BCUT2D eigenvalue weighted by atomic mass is 32.2. The topological polar surface area (TPSA) is 80.2 Å². The molecule has 0 spiro atoms. The first-order valence-corrected chi connectivity index (χ1v) is 10.5. The Morgan fingerprint density at radius 1 is 1.26 bits per heavy atom. The van der Waals surface area contributed by atoms with Crippen molar-refractivity contribution in [2.45, 2.75) is 45.3 Å². The number of carbonyl (C=O) groups excluding carboxylic acids is 1. The van der Waals surface area contributed by atoms with Crippen molar-refractivity contribution in [3.05, 3.63) is 17.0 Å². The van der Waals surface area contributed by atoms with Crippen LogP contribution >= 0.6 is 11.8 Å². The van der Waals surface area contributed by atoms with Crippen LogP contribution in [0.5, 0.6) is 0 Å². The lowest BCUT2D eigenvalue weighted by Gasteiger charge is -2.26. The average Bonchev–Trinajstić information content (AvgIpc) is 2.83. The van der Waals surface area contributed by atoms with E-state index in [0.29, 0.717) is 18.1 Å². The smallest absolute Gasteiger partial charge is 0.233 e. The highest BCUT2D eigenvalue weighted by Crippen LogP contribution is 2.21. The molecule has 8 heteroatoms. The molecule has 1 aliphatic rings. The normalized spacial score (nSPS) is 19.7. The van der Waals surface area contributed by atoms with E-state index in [2.05, 4.69) is 9.97 Å². The maximum Gasteiger partial charge on any atom is 0.233 e. The molecule has 1 aromatic heterocycles. The Bertz CT molecular complexity index is 681. The van der Waals surface area contributed by atoms with Gasteiger partial charge in [-0.25, -0.2) is 18.4 Å². The van der Waals surface area contributed by atoms with Crippen LogP contribution in [0, 0.1) is 20.8 Å². The molecule has 2 heterocycles. The van der Waals surface area contributed by atoms with Crippen molar-refractivity contribution in [3.63, 3.8) is 0 Å². The van der Waals surface area contributed by atoms with E-state index in [1.165, 1.54) is 11.8 Å². The minimum absolute atomic E-state index is 0.0564. The van der Waals surface area contributed by atoms with E-state index in [-0.39, 0.29) is 29.2 Å². The quantitative estimate of drug-likeness (QED) is 0.587. The van der Waals surface area contributed by atoms with Crippen LogP contribution in [-0.2, 0) is 14.6 Å². The van der Waals surface area contributed by atoms with Crippen LogP contribution in [-0.4, -0.2) is 59.0 Å². The highest BCUT2D eigenvalue weighted by Gasteiger charge is 2.33. The van der Waals surface area contributed by atoms with Gasteiger partial charge in [0.05, 0.1) is 17.3 Å². The summed E-state index contributed by atoms with van der Waals surface area (Å²) in [5.74, 6) is 0.427. The van der Waals surface area contributed by atoms with Crippen LogP contribution in [0.15, 0.2) is 5.16 Å². The molecule has 2 rings (SSSR count). The summed E-state index contributed by atoms with van der Waals surface area (Å²) in [6, 6.07) is -0.194. The Balaban J connectivity index is 2.01. The van der Waals surface area contributed by atoms with Crippen molar-refractivity contribution in [1.82, 2.24) is 14.9 Å². The Labute approximate surface area is 142 Å². The second-order valence-electron chi connectivity index (χ2n) is 5.83. The molecule has 1 atom stereocenters. The maximum absolute atomic E-state index is 12.4. The molecule has 1 amide bonds. The number of thioether (sulfide) groups is 1. The fraction of sp³-hybridized carbons (Fsp3) is 0.667. The van der Waals surface area contributed by atoms with Gasteiger partial charge in [0.25, 0.3) is 0 Å². The lowest BCUT2D eigenvalue weighted by atomic mass is 10.2. The molecule has 128 valence electrons. The van der Waals surface area contributed by atoms with Crippen LogP contribution in [0.25, 0.3) is 0 Å². The minimum Gasteiger partial charge on any atom is -0.338 e. The summed E-state index contributed by atoms with van der Waals surface area (Å²) < 4.78 is 23.2. The van der Waals surface area contributed by atoms with Gasteiger partial charge in [-0.2, -0.15) is 0 Å². The lowest BCUT2D eigenvalue weighted by molar-refractivity contribution is -0.129. The molecular formula is C15H23N3O3S2. The van der Waals surface area contributed by atoms with E-state index >= 15 is 0 Å². The first-order chi connectivity index (χ1) is 10.7. The van der Waals surface area contributed by atoms with Gasteiger partial charge < -0.3 is 4.90 Å². The lowest BCUT2D eigenvalue weighted by Crippen LogP contribution is -2.42. The van der Waals surface area contributed by atoms with Crippen LogP contribution < -0.4 is 0 Å². The third kappa shape index (κ3) is 4.44. The van der Waals surface area contributed by atoms with Crippen molar-refractivity contribution < 1.29 is 13.2 Å². The van der Waals surface area contributed by atoms with Crippen LogP contribution in [0.2, 0.25) is 0 Å². The molecule has 6 nitrogen and oxygen atoms in total. The number of rotatable bonds is 5. The molecule has 0 unspecified atom stereocenters. The molecule has 0 aromatic carbocycles. The summed E-state index contributed by atoms with van der Waals surface area (Å²) in [5.41, 5.74) is 2.90. The second kappa shape index (κ2) is 7.17. The van der Waals surface area contributed by atoms with Gasteiger partial charge in [-0.1, -0.05) is 11.8 Å². The number of hydrogen-bond acceptors (Lipinski definition) is 6.